The van der Waals surface area contributed by atoms with Gasteiger partial charge in [0.1, 0.15) is 0 Å². The van der Waals surface area contributed by atoms with Gasteiger partial charge in [0.2, 0.25) is 0 Å². The van der Waals surface area contributed by atoms with Crippen LogP contribution in [0.2, 0.25) is 0 Å². The Morgan fingerprint density at radius 1 is 0.419 bits per heavy atom. The summed E-state index contributed by atoms with van der Waals surface area (Å²) in [6.07, 6.45) is 0. The molecular weight excluding hydrogens is 559 g/mol. The Morgan fingerprint density at radius 2 is 1.14 bits per heavy atom. The maximum Gasteiger partial charge on any atom is 0.0720 e. The van der Waals surface area contributed by atoms with Gasteiger partial charge in [0.05, 0.1) is 25.1 Å². The molecule has 0 aliphatic heterocycles. The molecule has 7 aromatic carbocycles. The number of benzene rings is 7. The lowest BCUT2D eigenvalue weighted by atomic mass is 9.96. The minimum absolute atomic E-state index is 1.20. The van der Waals surface area contributed by atoms with E-state index in [1.807, 2.05) is 22.7 Å². The highest BCUT2D eigenvalue weighted by molar-refractivity contribution is 7.37. The standard InChI is InChI=1S/C40H23NS2/c1-2-10-29-24(8-1)9-7-13-30(29)27-17-16-26-23-28(19-18-25(26)22-27)41-35-14-5-3-11-31(35)32-20-21-34-38(37(32)41)43-39-33-12-4-6-15-36(33)42-40(34)39/h1-23H. The van der Waals surface area contributed by atoms with E-state index >= 15 is 0 Å². The number of thiophene rings is 2. The van der Waals surface area contributed by atoms with Crippen LogP contribution in [0.1, 0.15) is 0 Å². The van der Waals surface area contributed by atoms with Gasteiger partial charge in [0.15, 0.2) is 0 Å². The number of para-hydroxylation sites is 1. The summed E-state index contributed by atoms with van der Waals surface area (Å²) in [5, 5.41) is 10.4. The van der Waals surface area contributed by atoms with Gasteiger partial charge in [-0.15, -0.1) is 22.7 Å². The van der Waals surface area contributed by atoms with Crippen molar-refractivity contribution in [2.45, 2.75) is 0 Å². The Hall–Kier alpha value is -4.96. The van der Waals surface area contributed by atoms with Crippen LogP contribution in [-0.4, -0.2) is 4.57 Å². The van der Waals surface area contributed by atoms with Gasteiger partial charge in [0.25, 0.3) is 0 Å². The zero-order chi connectivity index (χ0) is 28.1. The second kappa shape index (κ2) is 8.78. The highest BCUT2D eigenvalue weighted by Crippen LogP contribution is 2.48. The third-order valence-electron chi connectivity index (χ3n) is 8.97. The van der Waals surface area contributed by atoms with E-state index in [-0.39, 0.29) is 0 Å². The number of fused-ring (bicyclic) bond motifs is 11. The quantitative estimate of drug-likeness (QED) is 0.191. The zero-order valence-electron chi connectivity index (χ0n) is 23.0. The highest BCUT2D eigenvalue weighted by atomic mass is 32.1. The highest BCUT2D eigenvalue weighted by Gasteiger charge is 2.20. The van der Waals surface area contributed by atoms with Crippen molar-refractivity contribution in [1.82, 2.24) is 4.57 Å². The van der Waals surface area contributed by atoms with Crippen LogP contribution in [-0.2, 0) is 0 Å². The summed E-state index contributed by atoms with van der Waals surface area (Å²) in [6.45, 7) is 0. The molecule has 0 saturated carbocycles. The molecule has 0 radical (unpaired) electrons. The largest absolute Gasteiger partial charge is 0.308 e. The summed E-state index contributed by atoms with van der Waals surface area (Å²) in [5.74, 6) is 0. The van der Waals surface area contributed by atoms with Crippen molar-refractivity contribution in [3.8, 4) is 16.8 Å². The third-order valence-corrected chi connectivity index (χ3v) is 11.6. The number of hydrogen-bond acceptors (Lipinski definition) is 2. The third kappa shape index (κ3) is 3.32. The van der Waals surface area contributed by atoms with Gasteiger partial charge < -0.3 is 4.57 Å². The van der Waals surface area contributed by atoms with E-state index in [0.717, 1.165) is 0 Å². The molecule has 0 amide bonds. The van der Waals surface area contributed by atoms with Crippen LogP contribution in [0.5, 0.6) is 0 Å². The van der Waals surface area contributed by atoms with Crippen molar-refractivity contribution in [3.63, 3.8) is 0 Å². The van der Waals surface area contributed by atoms with Crippen LogP contribution in [0.3, 0.4) is 0 Å². The van der Waals surface area contributed by atoms with Crippen LogP contribution < -0.4 is 0 Å². The molecular formula is C40H23NS2. The van der Waals surface area contributed by atoms with Gasteiger partial charge in [0, 0.05) is 31.9 Å². The van der Waals surface area contributed by atoms with Crippen molar-refractivity contribution < 1.29 is 0 Å². The first-order valence-electron chi connectivity index (χ1n) is 14.6. The fourth-order valence-electron chi connectivity index (χ4n) is 7.00. The Morgan fingerprint density at radius 3 is 2.09 bits per heavy atom. The van der Waals surface area contributed by atoms with E-state index in [2.05, 4.69) is 144 Å². The fraction of sp³-hybridized carbons (Fsp3) is 0. The lowest BCUT2D eigenvalue weighted by Crippen LogP contribution is -1.94. The second-order valence-corrected chi connectivity index (χ2v) is 13.4. The van der Waals surface area contributed by atoms with Crippen LogP contribution >= 0.6 is 22.7 Å². The van der Waals surface area contributed by atoms with E-state index in [4.69, 9.17) is 0 Å². The summed E-state index contributed by atoms with van der Waals surface area (Å²) in [5.41, 5.74) is 6.28. The molecule has 0 atom stereocenters. The van der Waals surface area contributed by atoms with Gasteiger partial charge in [-0.2, -0.15) is 0 Å². The van der Waals surface area contributed by atoms with Crippen molar-refractivity contribution in [2.24, 2.45) is 0 Å². The average molecular weight is 582 g/mol. The zero-order valence-corrected chi connectivity index (χ0v) is 24.7. The SMILES string of the molecule is c1ccc2c(-c3ccc4cc(-n5c6ccccc6c6ccc7c8sc9ccccc9c8sc7c65)ccc4c3)cccc2c1. The van der Waals surface area contributed by atoms with E-state index in [0.29, 0.717) is 0 Å². The monoisotopic (exact) mass is 581 g/mol. The maximum atomic E-state index is 2.49. The number of rotatable bonds is 2. The molecule has 0 saturated heterocycles. The van der Waals surface area contributed by atoms with Crippen molar-refractivity contribution in [1.29, 1.82) is 0 Å². The van der Waals surface area contributed by atoms with Crippen molar-refractivity contribution in [2.75, 3.05) is 0 Å². The maximum absolute atomic E-state index is 2.49. The first kappa shape index (κ1) is 23.6. The molecule has 3 heteroatoms. The first-order valence-corrected chi connectivity index (χ1v) is 16.2. The topological polar surface area (TPSA) is 4.93 Å². The summed E-state index contributed by atoms with van der Waals surface area (Å²) in [7, 11) is 0. The van der Waals surface area contributed by atoms with E-state index in [9.17, 15) is 0 Å². The molecule has 0 aliphatic rings. The fourth-order valence-corrected chi connectivity index (χ4v) is 9.78. The van der Waals surface area contributed by atoms with Crippen molar-refractivity contribution >= 4 is 95.6 Å². The lowest BCUT2D eigenvalue weighted by molar-refractivity contribution is 1.19. The molecule has 3 aromatic heterocycles. The summed E-state index contributed by atoms with van der Waals surface area (Å²) >= 11 is 3.86. The van der Waals surface area contributed by atoms with Crippen molar-refractivity contribution in [3.05, 3.63) is 140 Å². The predicted molar refractivity (Wildman–Crippen MR) is 190 cm³/mol. The molecule has 200 valence electrons. The van der Waals surface area contributed by atoms with E-state index < -0.39 is 0 Å². The van der Waals surface area contributed by atoms with E-state index in [1.54, 1.807) is 0 Å². The molecule has 0 aliphatic carbocycles. The first-order chi connectivity index (χ1) is 21.3. The van der Waals surface area contributed by atoms with Gasteiger partial charge >= 0.3 is 0 Å². The smallest absolute Gasteiger partial charge is 0.0720 e. The number of nitrogens with zero attached hydrogens (tertiary/aromatic N) is 1. The van der Waals surface area contributed by atoms with Gasteiger partial charge in [-0.3, -0.25) is 0 Å². The second-order valence-electron chi connectivity index (χ2n) is 11.3. The molecule has 0 N–H and O–H groups in total. The molecule has 0 spiro atoms. The normalized spacial score (nSPS) is 12.2. The Kier molecular flexibility index (Phi) is 4.81. The Balaban J connectivity index is 1.22. The van der Waals surface area contributed by atoms with E-state index in [1.165, 1.54) is 89.7 Å². The molecule has 0 unspecified atom stereocenters. The molecule has 0 bridgehead atoms. The molecule has 10 rings (SSSR count). The average Bonchev–Trinajstić information content (AvgIpc) is 3.72. The summed E-state index contributed by atoms with van der Waals surface area (Å²) in [6, 6.07) is 51.4. The lowest BCUT2D eigenvalue weighted by Gasteiger charge is -2.12. The molecule has 1 nitrogen and oxygen atoms in total. The molecule has 43 heavy (non-hydrogen) atoms. The minimum Gasteiger partial charge on any atom is -0.308 e. The van der Waals surface area contributed by atoms with Crippen LogP contribution in [0.25, 0.3) is 89.7 Å². The van der Waals surface area contributed by atoms with Gasteiger partial charge in [-0.25, -0.2) is 0 Å². The number of aromatic nitrogens is 1. The minimum atomic E-state index is 1.20. The van der Waals surface area contributed by atoms with Crippen LogP contribution in [0.4, 0.5) is 0 Å². The molecule has 0 fully saturated rings. The van der Waals surface area contributed by atoms with Gasteiger partial charge in [-0.1, -0.05) is 109 Å². The Labute approximate surface area is 255 Å². The Bertz CT molecular complexity index is 2730. The molecule has 3 heterocycles. The summed E-state index contributed by atoms with van der Waals surface area (Å²) < 4.78 is 8.03. The van der Waals surface area contributed by atoms with Crippen LogP contribution in [0.15, 0.2) is 140 Å². The predicted octanol–water partition coefficient (Wildman–Crippen LogP) is 12.3. The molecule has 10 aromatic rings. The van der Waals surface area contributed by atoms with Gasteiger partial charge in [-0.05, 0) is 63.0 Å². The van der Waals surface area contributed by atoms with Crippen LogP contribution in [0, 0.1) is 0 Å². The number of hydrogen-bond donors (Lipinski definition) is 0. The summed E-state index contributed by atoms with van der Waals surface area (Å²) in [4.78, 5) is 0.